The third-order valence-corrected chi connectivity index (χ3v) is 1.62. The summed E-state index contributed by atoms with van der Waals surface area (Å²) >= 11 is 0. The predicted octanol–water partition coefficient (Wildman–Crippen LogP) is 3.01. The molecule has 0 fully saturated rings. The van der Waals surface area contributed by atoms with Gasteiger partial charge in [0.25, 0.3) is 0 Å². The molecule has 13 heavy (non-hydrogen) atoms. The van der Waals surface area contributed by atoms with Gasteiger partial charge in [0.15, 0.2) is 0 Å². The molecule has 0 aliphatic heterocycles. The second kappa shape index (κ2) is 3.25. The van der Waals surface area contributed by atoms with Gasteiger partial charge in [-0.2, -0.15) is 13.2 Å². The second-order valence-corrected chi connectivity index (χ2v) is 2.47. The van der Waals surface area contributed by atoms with E-state index in [0.717, 1.165) is 6.07 Å². The van der Waals surface area contributed by atoms with Gasteiger partial charge >= 0.3 is 6.18 Å². The molecule has 1 rings (SSSR count). The molecule has 0 saturated heterocycles. The van der Waals surface area contributed by atoms with Crippen LogP contribution in [0.25, 0.3) is 0 Å². The fraction of sp³-hybridized carbons (Fsp3) is 0.333. The Morgan fingerprint density at radius 1 is 1.38 bits per heavy atom. The molecule has 0 unspecified atom stereocenters. The molecule has 0 amide bonds. The van der Waals surface area contributed by atoms with E-state index >= 15 is 0 Å². The Kier molecular flexibility index (Phi) is 2.46. The SMILES string of the molecule is CCc1c(C(F)(F)F)c#ccc1F. The summed E-state index contributed by atoms with van der Waals surface area (Å²) < 4.78 is 49.4. The largest absolute Gasteiger partial charge is 0.424 e. The molecule has 70 valence electrons. The van der Waals surface area contributed by atoms with Gasteiger partial charge in [0.2, 0.25) is 0 Å². The normalized spacial score (nSPS) is 11.2. The molecule has 0 heterocycles. The molecule has 0 bridgehead atoms. The molecule has 1 aromatic rings. The summed E-state index contributed by atoms with van der Waals surface area (Å²) in [6, 6.07) is 4.72. The lowest BCUT2D eigenvalue weighted by Gasteiger charge is -2.08. The van der Waals surface area contributed by atoms with Crippen molar-refractivity contribution in [2.24, 2.45) is 0 Å². The first-order valence-corrected chi connectivity index (χ1v) is 3.64. The summed E-state index contributed by atoms with van der Waals surface area (Å²) in [7, 11) is 0. The molecule has 4 heteroatoms. The zero-order valence-electron chi connectivity index (χ0n) is 6.80. The van der Waals surface area contributed by atoms with Crippen LogP contribution in [0, 0.1) is 17.9 Å². The van der Waals surface area contributed by atoms with Gasteiger partial charge in [-0.15, -0.1) is 0 Å². The molecule has 0 aliphatic rings. The van der Waals surface area contributed by atoms with Gasteiger partial charge in [0.05, 0.1) is 0 Å². The van der Waals surface area contributed by atoms with Crippen molar-refractivity contribution in [2.45, 2.75) is 19.5 Å². The van der Waals surface area contributed by atoms with Crippen LogP contribution in [0.15, 0.2) is 6.07 Å². The van der Waals surface area contributed by atoms with Crippen molar-refractivity contribution < 1.29 is 17.6 Å². The van der Waals surface area contributed by atoms with Crippen molar-refractivity contribution in [3.05, 3.63) is 35.1 Å². The van der Waals surface area contributed by atoms with Crippen LogP contribution in [0.1, 0.15) is 18.1 Å². The van der Waals surface area contributed by atoms with E-state index in [0.29, 0.717) is 0 Å². The Hall–Kier alpha value is -1.24. The van der Waals surface area contributed by atoms with Crippen molar-refractivity contribution in [3.8, 4) is 0 Å². The minimum atomic E-state index is -4.55. The number of halogens is 4. The van der Waals surface area contributed by atoms with Crippen molar-refractivity contribution in [1.82, 2.24) is 0 Å². The van der Waals surface area contributed by atoms with E-state index in [2.05, 4.69) is 0 Å². The minimum absolute atomic E-state index is 0.00808. The van der Waals surface area contributed by atoms with Gasteiger partial charge in [-0.1, -0.05) is 19.1 Å². The van der Waals surface area contributed by atoms with Crippen molar-refractivity contribution >= 4 is 0 Å². The number of hydrogen-bond acceptors (Lipinski definition) is 0. The molecule has 0 atom stereocenters. The second-order valence-electron chi connectivity index (χ2n) is 2.47. The molecule has 0 saturated carbocycles. The molecular formula is C9H6F4. The molecule has 0 N–H and O–H groups in total. The van der Waals surface area contributed by atoms with E-state index in [9.17, 15) is 17.6 Å². The number of rotatable bonds is 1. The number of alkyl halides is 3. The topological polar surface area (TPSA) is 0 Å². The van der Waals surface area contributed by atoms with E-state index < -0.39 is 17.6 Å². The van der Waals surface area contributed by atoms with E-state index in [1.54, 1.807) is 0 Å². The van der Waals surface area contributed by atoms with E-state index in [1.807, 2.05) is 12.1 Å². The van der Waals surface area contributed by atoms with Gasteiger partial charge in [-0.05, 0) is 6.42 Å². The Bertz CT molecular complexity index is 301. The average molecular weight is 190 g/mol. The first kappa shape index (κ1) is 9.85. The molecule has 0 nitrogen and oxygen atoms in total. The first-order chi connectivity index (χ1) is 5.96. The molecular weight excluding hydrogens is 184 g/mol. The van der Waals surface area contributed by atoms with Crippen molar-refractivity contribution in [3.63, 3.8) is 0 Å². The van der Waals surface area contributed by atoms with Crippen LogP contribution in [-0.4, -0.2) is 0 Å². The first-order valence-electron chi connectivity index (χ1n) is 3.64. The van der Waals surface area contributed by atoms with E-state index in [4.69, 9.17) is 0 Å². The van der Waals surface area contributed by atoms with Gasteiger partial charge in [-0.3, -0.25) is 0 Å². The third-order valence-electron chi connectivity index (χ3n) is 1.62. The molecule has 0 aliphatic carbocycles. The highest BCUT2D eigenvalue weighted by atomic mass is 19.4. The van der Waals surface area contributed by atoms with Crippen LogP contribution in [0.3, 0.4) is 0 Å². The highest BCUT2D eigenvalue weighted by molar-refractivity contribution is 5.26. The van der Waals surface area contributed by atoms with Crippen molar-refractivity contribution in [1.29, 1.82) is 0 Å². The van der Waals surface area contributed by atoms with Crippen LogP contribution in [0.2, 0.25) is 0 Å². The highest BCUT2D eigenvalue weighted by Crippen LogP contribution is 2.31. The van der Waals surface area contributed by atoms with Crippen LogP contribution < -0.4 is 0 Å². The zero-order chi connectivity index (χ0) is 10.1. The quantitative estimate of drug-likeness (QED) is 0.597. The Balaban J connectivity index is 3.29. The molecule has 0 aromatic heterocycles. The van der Waals surface area contributed by atoms with Crippen molar-refractivity contribution in [2.75, 3.05) is 0 Å². The molecule has 0 spiro atoms. The monoisotopic (exact) mass is 190 g/mol. The molecule has 1 aromatic carbocycles. The fourth-order valence-electron chi connectivity index (χ4n) is 1.04. The molecule has 0 radical (unpaired) electrons. The summed E-state index contributed by atoms with van der Waals surface area (Å²) in [6.07, 6.45) is -4.56. The van der Waals surface area contributed by atoms with Crippen LogP contribution in [0.4, 0.5) is 17.6 Å². The van der Waals surface area contributed by atoms with Gasteiger partial charge < -0.3 is 0 Å². The van der Waals surface area contributed by atoms with Gasteiger partial charge in [-0.25, -0.2) is 4.39 Å². The third kappa shape index (κ3) is 1.92. The maximum atomic E-state index is 12.8. The maximum absolute atomic E-state index is 12.8. The van der Waals surface area contributed by atoms with E-state index in [1.165, 1.54) is 6.92 Å². The smallest absolute Gasteiger partial charge is 0.206 e. The van der Waals surface area contributed by atoms with E-state index in [-0.39, 0.29) is 12.0 Å². The van der Waals surface area contributed by atoms with Crippen LogP contribution in [-0.2, 0) is 12.6 Å². The Labute approximate surface area is 73.2 Å². The highest BCUT2D eigenvalue weighted by Gasteiger charge is 2.34. The number of hydrogen-bond donors (Lipinski definition) is 0. The lowest BCUT2D eigenvalue weighted by atomic mass is 10.1. The predicted molar refractivity (Wildman–Crippen MR) is 38.5 cm³/mol. The zero-order valence-corrected chi connectivity index (χ0v) is 6.80. The summed E-state index contributed by atoms with van der Waals surface area (Å²) in [5.74, 6) is -0.881. The summed E-state index contributed by atoms with van der Waals surface area (Å²) in [5, 5.41) is 0. The maximum Gasteiger partial charge on any atom is 0.424 e. The van der Waals surface area contributed by atoms with Crippen LogP contribution >= 0.6 is 0 Å². The summed E-state index contributed by atoms with van der Waals surface area (Å²) in [6.45, 7) is 1.46. The Morgan fingerprint density at radius 2 is 2.00 bits per heavy atom. The minimum Gasteiger partial charge on any atom is -0.206 e. The van der Waals surface area contributed by atoms with Gasteiger partial charge in [0.1, 0.15) is 11.4 Å². The lowest BCUT2D eigenvalue weighted by molar-refractivity contribution is -0.138. The Morgan fingerprint density at radius 3 is 2.38 bits per heavy atom. The average Bonchev–Trinajstić information content (AvgIpc) is 2.02. The standard InChI is InChI=1S/C9H6F4/c1-2-6-7(9(11,12)13)4-3-5-8(6)10/h5H,2H2,1H3. The lowest BCUT2D eigenvalue weighted by Crippen LogP contribution is -2.09. The van der Waals surface area contributed by atoms with Crippen LogP contribution in [0.5, 0.6) is 0 Å². The van der Waals surface area contributed by atoms with Gasteiger partial charge in [0, 0.05) is 11.6 Å². The summed E-state index contributed by atoms with van der Waals surface area (Å²) in [4.78, 5) is 0. The summed E-state index contributed by atoms with van der Waals surface area (Å²) in [5.41, 5.74) is -1.42. The fourth-order valence-corrected chi connectivity index (χ4v) is 1.04.